The van der Waals surface area contributed by atoms with Gasteiger partial charge in [-0.25, -0.2) is 0 Å². The summed E-state index contributed by atoms with van der Waals surface area (Å²) in [5.74, 6) is 2.50. The SMILES string of the molecule is CC1C(O)CC1c1ccc(Oc2ccc(Br)cc2)cc1. The first-order chi connectivity index (χ1) is 9.63. The van der Waals surface area contributed by atoms with Crippen LogP contribution in [0.15, 0.2) is 53.0 Å². The Bertz CT molecular complexity index is 577. The lowest BCUT2D eigenvalue weighted by atomic mass is 9.69. The molecule has 1 fully saturated rings. The molecule has 0 saturated heterocycles. The molecule has 0 aromatic heterocycles. The summed E-state index contributed by atoms with van der Waals surface area (Å²) in [6.07, 6.45) is 0.729. The summed E-state index contributed by atoms with van der Waals surface area (Å²) in [6, 6.07) is 16.0. The molecule has 2 aromatic rings. The van der Waals surface area contributed by atoms with Crippen LogP contribution in [0.3, 0.4) is 0 Å². The highest BCUT2D eigenvalue weighted by atomic mass is 79.9. The predicted octanol–water partition coefficient (Wildman–Crippen LogP) is 4.73. The van der Waals surface area contributed by atoms with Gasteiger partial charge < -0.3 is 9.84 Å². The summed E-state index contributed by atoms with van der Waals surface area (Å²) in [5.41, 5.74) is 1.28. The molecule has 3 atom stereocenters. The molecule has 3 rings (SSSR count). The van der Waals surface area contributed by atoms with Crippen molar-refractivity contribution >= 4 is 15.9 Å². The van der Waals surface area contributed by atoms with Gasteiger partial charge in [0.2, 0.25) is 0 Å². The molecule has 0 radical (unpaired) electrons. The van der Waals surface area contributed by atoms with Crippen LogP contribution in [0.1, 0.15) is 24.8 Å². The Morgan fingerprint density at radius 1 is 1.00 bits per heavy atom. The van der Waals surface area contributed by atoms with Gasteiger partial charge in [-0.15, -0.1) is 0 Å². The van der Waals surface area contributed by atoms with E-state index in [2.05, 4.69) is 35.0 Å². The van der Waals surface area contributed by atoms with Crippen LogP contribution in [0.5, 0.6) is 11.5 Å². The minimum Gasteiger partial charge on any atom is -0.457 e. The first kappa shape index (κ1) is 13.7. The Hall–Kier alpha value is -1.32. The second-order valence-electron chi connectivity index (χ2n) is 5.39. The van der Waals surface area contributed by atoms with Crippen molar-refractivity contribution in [3.05, 3.63) is 58.6 Å². The van der Waals surface area contributed by atoms with Crippen molar-refractivity contribution in [3.8, 4) is 11.5 Å². The lowest BCUT2D eigenvalue weighted by molar-refractivity contribution is 0.0117. The fraction of sp³-hybridized carbons (Fsp3) is 0.294. The number of hydrogen-bond donors (Lipinski definition) is 1. The van der Waals surface area contributed by atoms with Crippen molar-refractivity contribution in [1.29, 1.82) is 0 Å². The van der Waals surface area contributed by atoms with E-state index in [1.54, 1.807) is 0 Å². The van der Waals surface area contributed by atoms with E-state index in [1.807, 2.05) is 36.4 Å². The molecule has 0 amide bonds. The van der Waals surface area contributed by atoms with Gasteiger partial charge >= 0.3 is 0 Å². The summed E-state index contributed by atoms with van der Waals surface area (Å²) in [5, 5.41) is 9.59. The third-order valence-electron chi connectivity index (χ3n) is 4.09. The second-order valence-corrected chi connectivity index (χ2v) is 6.31. The molecule has 0 heterocycles. The van der Waals surface area contributed by atoms with Crippen LogP contribution >= 0.6 is 15.9 Å². The second kappa shape index (κ2) is 5.58. The maximum atomic E-state index is 9.59. The number of rotatable bonds is 3. The third kappa shape index (κ3) is 2.74. The lowest BCUT2D eigenvalue weighted by Gasteiger charge is -2.39. The lowest BCUT2D eigenvalue weighted by Crippen LogP contribution is -2.37. The summed E-state index contributed by atoms with van der Waals surface area (Å²) in [7, 11) is 0. The molecule has 0 bridgehead atoms. The number of aliphatic hydroxyl groups excluding tert-OH is 1. The molecule has 1 saturated carbocycles. The van der Waals surface area contributed by atoms with Gasteiger partial charge in [0.1, 0.15) is 11.5 Å². The van der Waals surface area contributed by atoms with Crippen LogP contribution in [-0.2, 0) is 0 Å². The van der Waals surface area contributed by atoms with Crippen LogP contribution < -0.4 is 4.74 Å². The topological polar surface area (TPSA) is 29.5 Å². The fourth-order valence-corrected chi connectivity index (χ4v) is 2.89. The summed E-state index contributed by atoms with van der Waals surface area (Å²) >= 11 is 3.41. The molecule has 0 aliphatic heterocycles. The molecule has 104 valence electrons. The van der Waals surface area contributed by atoms with Gasteiger partial charge in [0.25, 0.3) is 0 Å². The third-order valence-corrected chi connectivity index (χ3v) is 4.62. The van der Waals surface area contributed by atoms with E-state index in [1.165, 1.54) is 5.56 Å². The Kier molecular flexibility index (Phi) is 3.81. The van der Waals surface area contributed by atoms with Gasteiger partial charge in [0, 0.05) is 4.47 Å². The minimum absolute atomic E-state index is 0.140. The van der Waals surface area contributed by atoms with Crippen LogP contribution in [0, 0.1) is 5.92 Å². The zero-order valence-corrected chi connectivity index (χ0v) is 12.9. The quantitative estimate of drug-likeness (QED) is 0.880. The summed E-state index contributed by atoms with van der Waals surface area (Å²) in [4.78, 5) is 0. The highest BCUT2D eigenvalue weighted by molar-refractivity contribution is 9.10. The highest BCUT2D eigenvalue weighted by Gasteiger charge is 2.36. The Balaban J connectivity index is 1.69. The van der Waals surface area contributed by atoms with Crippen LogP contribution in [0.4, 0.5) is 0 Å². The fourth-order valence-electron chi connectivity index (χ4n) is 2.62. The van der Waals surface area contributed by atoms with Crippen molar-refractivity contribution in [2.45, 2.75) is 25.4 Å². The molecular formula is C17H17BrO2. The molecule has 0 spiro atoms. The Morgan fingerprint density at radius 3 is 2.05 bits per heavy atom. The molecule has 3 heteroatoms. The highest BCUT2D eigenvalue weighted by Crippen LogP contribution is 2.42. The zero-order valence-electron chi connectivity index (χ0n) is 11.3. The average Bonchev–Trinajstić information content (AvgIpc) is 2.48. The molecule has 3 unspecified atom stereocenters. The number of aliphatic hydroxyl groups is 1. The van der Waals surface area contributed by atoms with E-state index < -0.39 is 0 Å². The number of ether oxygens (including phenoxy) is 1. The van der Waals surface area contributed by atoms with E-state index in [0.29, 0.717) is 11.8 Å². The van der Waals surface area contributed by atoms with Crippen molar-refractivity contribution in [2.75, 3.05) is 0 Å². The van der Waals surface area contributed by atoms with Gasteiger partial charge in [0.05, 0.1) is 6.10 Å². The van der Waals surface area contributed by atoms with E-state index in [0.717, 1.165) is 22.4 Å². The summed E-state index contributed by atoms with van der Waals surface area (Å²) in [6.45, 7) is 2.10. The van der Waals surface area contributed by atoms with Crippen molar-refractivity contribution in [1.82, 2.24) is 0 Å². The number of hydrogen-bond acceptors (Lipinski definition) is 2. The number of benzene rings is 2. The van der Waals surface area contributed by atoms with E-state index in [4.69, 9.17) is 4.74 Å². The molecule has 1 aliphatic rings. The number of halogens is 1. The maximum Gasteiger partial charge on any atom is 0.127 e. The first-order valence-corrected chi connectivity index (χ1v) is 7.64. The Labute approximate surface area is 127 Å². The molecular weight excluding hydrogens is 316 g/mol. The maximum absolute atomic E-state index is 9.59. The summed E-state index contributed by atoms with van der Waals surface area (Å²) < 4.78 is 6.84. The molecule has 20 heavy (non-hydrogen) atoms. The van der Waals surface area contributed by atoms with Gasteiger partial charge in [-0.05, 0) is 60.2 Å². The van der Waals surface area contributed by atoms with E-state index in [9.17, 15) is 5.11 Å². The van der Waals surface area contributed by atoms with Gasteiger partial charge in [-0.1, -0.05) is 35.0 Å². The standard InChI is InChI=1S/C17H17BrO2/c1-11-16(10-17(11)19)12-2-6-14(7-3-12)20-15-8-4-13(18)5-9-15/h2-9,11,16-17,19H,10H2,1H3. The largest absolute Gasteiger partial charge is 0.457 e. The minimum atomic E-state index is -0.140. The predicted molar refractivity (Wildman–Crippen MR) is 83.2 cm³/mol. The van der Waals surface area contributed by atoms with Crippen LogP contribution in [-0.4, -0.2) is 11.2 Å². The van der Waals surface area contributed by atoms with Crippen molar-refractivity contribution < 1.29 is 9.84 Å². The molecule has 1 N–H and O–H groups in total. The van der Waals surface area contributed by atoms with Crippen LogP contribution in [0.2, 0.25) is 0 Å². The van der Waals surface area contributed by atoms with Gasteiger partial charge in [0.15, 0.2) is 0 Å². The van der Waals surface area contributed by atoms with Gasteiger partial charge in [-0.2, -0.15) is 0 Å². The van der Waals surface area contributed by atoms with Crippen molar-refractivity contribution in [3.63, 3.8) is 0 Å². The smallest absolute Gasteiger partial charge is 0.127 e. The molecule has 1 aliphatic carbocycles. The normalized spacial score (nSPS) is 25.1. The van der Waals surface area contributed by atoms with E-state index in [-0.39, 0.29) is 6.10 Å². The Morgan fingerprint density at radius 2 is 1.55 bits per heavy atom. The van der Waals surface area contributed by atoms with Crippen molar-refractivity contribution in [2.24, 2.45) is 5.92 Å². The van der Waals surface area contributed by atoms with Gasteiger partial charge in [-0.3, -0.25) is 0 Å². The average molecular weight is 333 g/mol. The monoisotopic (exact) mass is 332 g/mol. The van der Waals surface area contributed by atoms with E-state index >= 15 is 0 Å². The van der Waals surface area contributed by atoms with Crippen LogP contribution in [0.25, 0.3) is 0 Å². The zero-order chi connectivity index (χ0) is 14.1. The first-order valence-electron chi connectivity index (χ1n) is 6.85. The molecule has 2 aromatic carbocycles. The molecule has 2 nitrogen and oxygen atoms in total.